The molecule has 2 atom stereocenters. The van der Waals surface area contributed by atoms with E-state index in [2.05, 4.69) is 12.2 Å². The van der Waals surface area contributed by atoms with E-state index in [-0.39, 0.29) is 12.0 Å². The van der Waals surface area contributed by atoms with Crippen LogP contribution in [0.4, 0.5) is 0 Å². The molecule has 2 aliphatic heterocycles. The summed E-state index contributed by atoms with van der Waals surface area (Å²) in [6, 6.07) is 0. The van der Waals surface area contributed by atoms with Crippen molar-refractivity contribution >= 4 is 17.7 Å². The Balaban J connectivity index is 1.87. The molecule has 2 fully saturated rings. The van der Waals surface area contributed by atoms with Crippen molar-refractivity contribution in [3.05, 3.63) is 0 Å². The molecule has 0 aromatic heterocycles. The molecule has 2 rings (SSSR count). The molecule has 1 amide bonds. The first-order chi connectivity index (χ1) is 7.81. The Morgan fingerprint density at radius 1 is 1.62 bits per heavy atom. The van der Waals surface area contributed by atoms with Crippen LogP contribution in [-0.2, 0) is 9.53 Å². The average molecular weight is 244 g/mol. The molecular weight excluding hydrogens is 224 g/mol. The SMILES string of the molecule is CCC1CN(C(=O)C2CNCCO2)CCS1. The van der Waals surface area contributed by atoms with Crippen molar-refractivity contribution in [1.82, 2.24) is 10.2 Å². The Labute approximate surface area is 101 Å². The predicted molar refractivity (Wildman–Crippen MR) is 65.7 cm³/mol. The number of rotatable bonds is 2. The number of morpholine rings is 1. The predicted octanol–water partition coefficient (Wildman–Crippen LogP) is 0.329. The molecule has 1 N–H and O–H groups in total. The zero-order valence-electron chi connectivity index (χ0n) is 9.78. The summed E-state index contributed by atoms with van der Waals surface area (Å²) in [5.74, 6) is 1.23. The van der Waals surface area contributed by atoms with Crippen LogP contribution in [-0.4, -0.2) is 60.7 Å². The van der Waals surface area contributed by atoms with Gasteiger partial charge in [0.25, 0.3) is 5.91 Å². The van der Waals surface area contributed by atoms with Gasteiger partial charge in [0.15, 0.2) is 0 Å². The van der Waals surface area contributed by atoms with Crippen LogP contribution < -0.4 is 5.32 Å². The zero-order valence-corrected chi connectivity index (χ0v) is 10.6. The second-order valence-corrected chi connectivity index (χ2v) is 5.66. The van der Waals surface area contributed by atoms with Gasteiger partial charge >= 0.3 is 0 Å². The fourth-order valence-electron chi connectivity index (χ4n) is 2.09. The summed E-state index contributed by atoms with van der Waals surface area (Å²) in [4.78, 5) is 14.1. The number of carbonyl (C=O) groups is 1. The summed E-state index contributed by atoms with van der Waals surface area (Å²) in [5, 5.41) is 3.81. The molecule has 2 heterocycles. The van der Waals surface area contributed by atoms with Crippen molar-refractivity contribution in [2.75, 3.05) is 38.5 Å². The summed E-state index contributed by atoms with van der Waals surface area (Å²) in [6.45, 7) is 6.12. The highest BCUT2D eigenvalue weighted by molar-refractivity contribution is 8.00. The second kappa shape index (κ2) is 5.89. The van der Waals surface area contributed by atoms with Crippen molar-refractivity contribution in [2.24, 2.45) is 0 Å². The first-order valence-electron chi connectivity index (χ1n) is 6.04. The smallest absolute Gasteiger partial charge is 0.253 e. The maximum absolute atomic E-state index is 12.2. The van der Waals surface area contributed by atoms with E-state index in [9.17, 15) is 4.79 Å². The monoisotopic (exact) mass is 244 g/mol. The van der Waals surface area contributed by atoms with Crippen molar-refractivity contribution in [3.8, 4) is 0 Å². The molecule has 0 aromatic rings. The van der Waals surface area contributed by atoms with Gasteiger partial charge in [-0.15, -0.1) is 0 Å². The molecule has 92 valence electrons. The summed E-state index contributed by atoms with van der Waals surface area (Å²) >= 11 is 1.98. The molecule has 5 heteroatoms. The summed E-state index contributed by atoms with van der Waals surface area (Å²) in [5.41, 5.74) is 0. The van der Waals surface area contributed by atoms with Crippen LogP contribution >= 0.6 is 11.8 Å². The standard InChI is InChI=1S/C11H20N2O2S/c1-2-9-8-13(4-6-16-9)11(14)10-7-12-3-5-15-10/h9-10,12H,2-8H2,1H3. The Kier molecular flexibility index (Phi) is 4.49. The van der Waals surface area contributed by atoms with E-state index in [1.54, 1.807) is 0 Å². The maximum Gasteiger partial charge on any atom is 0.253 e. The van der Waals surface area contributed by atoms with Gasteiger partial charge in [-0.2, -0.15) is 11.8 Å². The Morgan fingerprint density at radius 3 is 3.19 bits per heavy atom. The van der Waals surface area contributed by atoms with Gasteiger partial charge < -0.3 is 15.0 Å². The lowest BCUT2D eigenvalue weighted by Crippen LogP contribution is -2.52. The molecule has 0 aromatic carbocycles. The number of thioether (sulfide) groups is 1. The molecule has 2 aliphatic rings. The average Bonchev–Trinajstić information content (AvgIpc) is 2.39. The van der Waals surface area contributed by atoms with Gasteiger partial charge in [0.2, 0.25) is 0 Å². The quantitative estimate of drug-likeness (QED) is 0.760. The van der Waals surface area contributed by atoms with Crippen LogP contribution in [0.5, 0.6) is 0 Å². The highest BCUT2D eigenvalue weighted by Crippen LogP contribution is 2.21. The normalized spacial score (nSPS) is 31.4. The van der Waals surface area contributed by atoms with Crippen LogP contribution in [0.3, 0.4) is 0 Å². The molecular formula is C11H20N2O2S. The van der Waals surface area contributed by atoms with E-state index in [1.807, 2.05) is 16.7 Å². The van der Waals surface area contributed by atoms with Gasteiger partial charge in [-0.05, 0) is 6.42 Å². The van der Waals surface area contributed by atoms with Crippen molar-refractivity contribution < 1.29 is 9.53 Å². The van der Waals surface area contributed by atoms with E-state index in [4.69, 9.17) is 4.74 Å². The minimum absolute atomic E-state index is 0.172. The fraction of sp³-hybridized carbons (Fsp3) is 0.909. The van der Waals surface area contributed by atoms with E-state index < -0.39 is 0 Å². The second-order valence-electron chi connectivity index (χ2n) is 4.25. The number of hydrogen-bond donors (Lipinski definition) is 1. The lowest BCUT2D eigenvalue weighted by atomic mass is 10.2. The van der Waals surface area contributed by atoms with E-state index >= 15 is 0 Å². The molecule has 0 radical (unpaired) electrons. The summed E-state index contributed by atoms with van der Waals surface area (Å²) in [7, 11) is 0. The Hall–Kier alpha value is -0.260. The highest BCUT2D eigenvalue weighted by atomic mass is 32.2. The number of nitrogens with one attached hydrogen (secondary N) is 1. The van der Waals surface area contributed by atoms with Crippen LogP contribution in [0.1, 0.15) is 13.3 Å². The van der Waals surface area contributed by atoms with Crippen LogP contribution in [0, 0.1) is 0 Å². The third-order valence-corrected chi connectivity index (χ3v) is 4.48. The molecule has 0 bridgehead atoms. The Morgan fingerprint density at radius 2 is 2.50 bits per heavy atom. The molecule has 16 heavy (non-hydrogen) atoms. The largest absolute Gasteiger partial charge is 0.366 e. The number of hydrogen-bond acceptors (Lipinski definition) is 4. The lowest BCUT2D eigenvalue weighted by Gasteiger charge is -2.35. The minimum atomic E-state index is -0.255. The van der Waals surface area contributed by atoms with Crippen LogP contribution in [0.15, 0.2) is 0 Å². The zero-order chi connectivity index (χ0) is 11.4. The van der Waals surface area contributed by atoms with Crippen molar-refractivity contribution in [3.63, 3.8) is 0 Å². The molecule has 2 unspecified atom stereocenters. The lowest BCUT2D eigenvalue weighted by molar-refractivity contribution is -0.145. The van der Waals surface area contributed by atoms with Gasteiger partial charge in [-0.3, -0.25) is 4.79 Å². The van der Waals surface area contributed by atoms with Gasteiger partial charge in [0.05, 0.1) is 6.61 Å². The maximum atomic E-state index is 12.2. The number of carbonyl (C=O) groups excluding carboxylic acids is 1. The van der Waals surface area contributed by atoms with Crippen molar-refractivity contribution in [2.45, 2.75) is 24.7 Å². The van der Waals surface area contributed by atoms with E-state index in [0.717, 1.165) is 31.8 Å². The van der Waals surface area contributed by atoms with E-state index in [1.165, 1.54) is 0 Å². The third kappa shape index (κ3) is 2.90. The topological polar surface area (TPSA) is 41.6 Å². The summed E-state index contributed by atoms with van der Waals surface area (Å²) in [6.07, 6.45) is 0.882. The van der Waals surface area contributed by atoms with Crippen LogP contribution in [0.25, 0.3) is 0 Å². The third-order valence-electron chi connectivity index (χ3n) is 3.11. The van der Waals surface area contributed by atoms with Gasteiger partial charge in [0, 0.05) is 37.2 Å². The number of ether oxygens (including phenoxy) is 1. The first-order valence-corrected chi connectivity index (χ1v) is 7.09. The van der Waals surface area contributed by atoms with Gasteiger partial charge in [0.1, 0.15) is 6.10 Å². The highest BCUT2D eigenvalue weighted by Gasteiger charge is 2.30. The van der Waals surface area contributed by atoms with Gasteiger partial charge in [-0.25, -0.2) is 0 Å². The van der Waals surface area contributed by atoms with E-state index in [0.29, 0.717) is 18.4 Å². The Bertz CT molecular complexity index is 244. The summed E-state index contributed by atoms with van der Waals surface area (Å²) < 4.78 is 5.50. The first kappa shape index (κ1) is 12.2. The number of amides is 1. The van der Waals surface area contributed by atoms with Crippen LogP contribution in [0.2, 0.25) is 0 Å². The minimum Gasteiger partial charge on any atom is -0.366 e. The molecule has 0 saturated carbocycles. The molecule has 4 nitrogen and oxygen atoms in total. The molecule has 0 aliphatic carbocycles. The fourth-order valence-corrected chi connectivity index (χ4v) is 3.27. The molecule has 2 saturated heterocycles. The van der Waals surface area contributed by atoms with Gasteiger partial charge in [-0.1, -0.05) is 6.92 Å². The molecule has 0 spiro atoms. The van der Waals surface area contributed by atoms with Crippen molar-refractivity contribution in [1.29, 1.82) is 0 Å². The number of nitrogens with zero attached hydrogens (tertiary/aromatic N) is 1.